The van der Waals surface area contributed by atoms with Crippen LogP contribution in [0, 0.1) is 9.39 Å². The predicted molar refractivity (Wildman–Crippen MR) is 144 cm³/mol. The summed E-state index contributed by atoms with van der Waals surface area (Å²) in [5.74, 6) is 0.629. The number of hydrogen-bond donors (Lipinski definition) is 1. The van der Waals surface area contributed by atoms with Crippen LogP contribution in [0.25, 0.3) is 0 Å². The molecule has 35 heavy (non-hydrogen) atoms. The highest BCUT2D eigenvalue weighted by Gasteiger charge is 2.14. The fourth-order valence-corrected chi connectivity index (χ4v) is 4.61. The molecule has 3 aromatic carbocycles. The number of nitrogens with one attached hydrogen (secondary N) is 1. The summed E-state index contributed by atoms with van der Waals surface area (Å²) in [4.78, 5) is 14.8. The lowest BCUT2D eigenvalue weighted by molar-refractivity contribution is 0.0955. The Kier molecular flexibility index (Phi) is 8.57. The summed E-state index contributed by atoms with van der Waals surface area (Å²) < 4.78 is 25.7. The highest BCUT2D eigenvalue weighted by Crippen LogP contribution is 2.34. The van der Waals surface area contributed by atoms with Gasteiger partial charge < -0.3 is 14.4 Å². The normalized spacial score (nSPS) is 13.3. The first kappa shape index (κ1) is 25.0. The van der Waals surface area contributed by atoms with Crippen LogP contribution in [0.3, 0.4) is 0 Å². The number of nitrogens with zero attached hydrogens (tertiary/aromatic N) is 2. The molecule has 0 bridgehead atoms. The second-order valence-electron chi connectivity index (χ2n) is 8.12. The second kappa shape index (κ2) is 12.0. The smallest absolute Gasteiger partial charge is 0.271 e. The zero-order chi connectivity index (χ0) is 24.6. The van der Waals surface area contributed by atoms with Crippen molar-refractivity contribution >= 4 is 40.4 Å². The Balaban J connectivity index is 1.40. The van der Waals surface area contributed by atoms with Crippen LogP contribution >= 0.6 is 22.6 Å². The first-order valence-electron chi connectivity index (χ1n) is 11.6. The van der Waals surface area contributed by atoms with E-state index in [1.54, 1.807) is 18.3 Å². The third-order valence-corrected chi connectivity index (χ3v) is 6.41. The number of benzene rings is 3. The summed E-state index contributed by atoms with van der Waals surface area (Å²) in [5, 5.41) is 4.12. The second-order valence-corrected chi connectivity index (χ2v) is 9.28. The number of hydrazone groups is 1. The highest BCUT2D eigenvalue weighted by atomic mass is 127. The Morgan fingerprint density at radius 3 is 2.49 bits per heavy atom. The fraction of sp³-hybridized carbons (Fsp3) is 0.259. The molecule has 0 aromatic heterocycles. The van der Waals surface area contributed by atoms with Gasteiger partial charge in [-0.05, 0) is 102 Å². The quantitative estimate of drug-likeness (QED) is 0.196. The van der Waals surface area contributed by atoms with E-state index in [2.05, 4.69) is 38.0 Å². The van der Waals surface area contributed by atoms with Gasteiger partial charge in [0.1, 0.15) is 12.4 Å². The maximum Gasteiger partial charge on any atom is 0.271 e. The van der Waals surface area contributed by atoms with Gasteiger partial charge in [-0.2, -0.15) is 5.10 Å². The van der Waals surface area contributed by atoms with Gasteiger partial charge in [-0.15, -0.1) is 0 Å². The van der Waals surface area contributed by atoms with Crippen molar-refractivity contribution in [1.29, 1.82) is 0 Å². The van der Waals surface area contributed by atoms with E-state index in [-0.39, 0.29) is 18.3 Å². The van der Waals surface area contributed by atoms with Gasteiger partial charge in [0.05, 0.1) is 16.4 Å². The van der Waals surface area contributed by atoms with Crippen LogP contribution in [0.4, 0.5) is 10.1 Å². The van der Waals surface area contributed by atoms with Gasteiger partial charge in [0.15, 0.2) is 11.5 Å². The number of halogens is 2. The van der Waals surface area contributed by atoms with Gasteiger partial charge in [-0.25, -0.2) is 9.82 Å². The van der Waals surface area contributed by atoms with Crippen molar-refractivity contribution in [2.75, 3.05) is 24.6 Å². The molecule has 0 radical (unpaired) electrons. The molecule has 6 nitrogen and oxygen atoms in total. The van der Waals surface area contributed by atoms with Gasteiger partial charge in [0.2, 0.25) is 0 Å². The van der Waals surface area contributed by atoms with Crippen LogP contribution in [0.1, 0.15) is 41.3 Å². The molecule has 3 aromatic rings. The van der Waals surface area contributed by atoms with E-state index in [1.807, 2.05) is 43.3 Å². The number of carbonyl (C=O) groups excluding carboxylic acids is 1. The van der Waals surface area contributed by atoms with Gasteiger partial charge >= 0.3 is 0 Å². The molecule has 8 heteroatoms. The summed E-state index contributed by atoms with van der Waals surface area (Å²) in [6.45, 7) is 4.78. The highest BCUT2D eigenvalue weighted by molar-refractivity contribution is 14.1. The van der Waals surface area contributed by atoms with E-state index in [4.69, 9.17) is 9.47 Å². The van der Waals surface area contributed by atoms with Crippen LogP contribution in [0.5, 0.6) is 11.5 Å². The van der Waals surface area contributed by atoms with Crippen molar-refractivity contribution in [3.8, 4) is 11.5 Å². The molecule has 1 N–H and O–H groups in total. The molecule has 0 spiro atoms. The molecule has 1 fully saturated rings. The van der Waals surface area contributed by atoms with Gasteiger partial charge in [-0.1, -0.05) is 12.1 Å². The third-order valence-electron chi connectivity index (χ3n) is 5.61. The number of rotatable bonds is 9. The van der Waals surface area contributed by atoms with Gasteiger partial charge in [0.25, 0.3) is 5.91 Å². The van der Waals surface area contributed by atoms with E-state index in [0.717, 1.165) is 33.5 Å². The van der Waals surface area contributed by atoms with Crippen LogP contribution in [0.2, 0.25) is 0 Å². The first-order chi connectivity index (χ1) is 17.0. The van der Waals surface area contributed by atoms with E-state index in [9.17, 15) is 9.18 Å². The zero-order valence-corrected chi connectivity index (χ0v) is 21.6. The molecule has 1 aliphatic heterocycles. The van der Waals surface area contributed by atoms with Gasteiger partial charge in [0, 0.05) is 24.3 Å². The first-order valence-corrected chi connectivity index (χ1v) is 12.6. The zero-order valence-electron chi connectivity index (χ0n) is 19.5. The van der Waals surface area contributed by atoms with Crippen molar-refractivity contribution < 1.29 is 18.7 Å². The molecule has 1 heterocycles. The molecule has 1 saturated heterocycles. The average Bonchev–Trinajstić information content (AvgIpc) is 3.40. The summed E-state index contributed by atoms with van der Waals surface area (Å²) in [6.07, 6.45) is 4.00. The molecule has 0 atom stereocenters. The van der Waals surface area contributed by atoms with Crippen molar-refractivity contribution in [2.24, 2.45) is 5.10 Å². The van der Waals surface area contributed by atoms with E-state index in [0.29, 0.717) is 23.7 Å². The molecular formula is C27H27FIN3O3. The topological polar surface area (TPSA) is 63.2 Å². The van der Waals surface area contributed by atoms with Crippen LogP contribution in [-0.2, 0) is 6.61 Å². The molecule has 0 saturated carbocycles. The van der Waals surface area contributed by atoms with Crippen LogP contribution < -0.4 is 19.8 Å². The van der Waals surface area contributed by atoms with E-state index < -0.39 is 0 Å². The summed E-state index contributed by atoms with van der Waals surface area (Å²) >= 11 is 2.17. The molecule has 4 rings (SSSR count). The number of hydrogen-bond acceptors (Lipinski definition) is 5. The lowest BCUT2D eigenvalue weighted by atomic mass is 10.2. The lowest BCUT2D eigenvalue weighted by Crippen LogP contribution is -2.19. The lowest BCUT2D eigenvalue weighted by Gasteiger charge is -2.17. The van der Waals surface area contributed by atoms with E-state index in [1.165, 1.54) is 25.0 Å². The largest absolute Gasteiger partial charge is 0.490 e. The Morgan fingerprint density at radius 2 is 1.80 bits per heavy atom. The van der Waals surface area contributed by atoms with Crippen LogP contribution in [0.15, 0.2) is 65.8 Å². The fourth-order valence-electron chi connectivity index (χ4n) is 3.83. The molecule has 1 amide bonds. The van der Waals surface area contributed by atoms with E-state index >= 15 is 0 Å². The average molecular weight is 587 g/mol. The maximum atomic E-state index is 13.1. The van der Waals surface area contributed by atoms with Crippen molar-refractivity contribution in [1.82, 2.24) is 5.43 Å². The molecule has 1 aliphatic rings. The monoisotopic (exact) mass is 587 g/mol. The van der Waals surface area contributed by atoms with Crippen molar-refractivity contribution in [3.05, 3.63) is 86.7 Å². The number of amides is 1. The molecule has 182 valence electrons. The number of carbonyl (C=O) groups is 1. The molecular weight excluding hydrogens is 560 g/mol. The van der Waals surface area contributed by atoms with Crippen molar-refractivity contribution in [3.63, 3.8) is 0 Å². The SMILES string of the molecule is CCOc1cc(/C=N\NC(=O)c2ccc(N3CCCC3)cc2)cc(I)c1OCc1ccc(F)cc1. The Bertz CT molecular complexity index is 1180. The number of anilines is 1. The third kappa shape index (κ3) is 6.72. The standard InChI is InChI=1S/C27H27FIN3O3/c1-2-34-25-16-20(15-24(29)26(25)35-18-19-5-9-22(28)10-6-19)17-30-31-27(33)21-7-11-23(12-8-21)32-13-3-4-14-32/h5-12,15-17H,2-4,13-14,18H2,1H3,(H,31,33)/b30-17-. The van der Waals surface area contributed by atoms with Gasteiger partial charge in [-0.3, -0.25) is 4.79 Å². The Hall–Kier alpha value is -3.14. The Morgan fingerprint density at radius 1 is 1.09 bits per heavy atom. The number of ether oxygens (including phenoxy) is 2. The summed E-state index contributed by atoms with van der Waals surface area (Å²) in [7, 11) is 0. The minimum Gasteiger partial charge on any atom is -0.490 e. The predicted octanol–water partition coefficient (Wildman–Crippen LogP) is 5.77. The summed E-state index contributed by atoms with van der Waals surface area (Å²) in [5.41, 5.74) is 5.89. The van der Waals surface area contributed by atoms with Crippen LogP contribution in [-0.4, -0.2) is 31.8 Å². The minimum atomic E-state index is -0.284. The summed E-state index contributed by atoms with van der Waals surface area (Å²) in [6, 6.07) is 17.5. The Labute approximate surface area is 218 Å². The molecule has 0 unspecified atom stereocenters. The molecule has 0 aliphatic carbocycles. The van der Waals surface area contributed by atoms with Crippen molar-refractivity contribution in [2.45, 2.75) is 26.4 Å². The maximum absolute atomic E-state index is 13.1. The minimum absolute atomic E-state index is 0.270.